The molecular weight excluding hydrogens is 452 g/mol. The number of para-hydroxylation sites is 1. The van der Waals surface area contributed by atoms with Crippen LogP contribution in [0.1, 0.15) is 66.3 Å². The average Bonchev–Trinajstić information content (AvgIpc) is 3.31. The minimum Gasteiger partial charge on any atom is -0.334 e. The Morgan fingerprint density at radius 2 is 1.79 bits per heavy atom. The van der Waals surface area contributed by atoms with Crippen molar-refractivity contribution in [1.82, 2.24) is 14.4 Å². The minimum absolute atomic E-state index is 0.105. The molecule has 0 saturated carbocycles. The molecule has 180 valence electrons. The second kappa shape index (κ2) is 9.68. The number of amides is 1. The van der Waals surface area contributed by atoms with Gasteiger partial charge in [-0.1, -0.05) is 43.6 Å². The lowest BCUT2D eigenvalue weighted by Gasteiger charge is -2.26. The predicted molar refractivity (Wildman–Crippen MR) is 130 cm³/mol. The fraction of sp³-hybridized carbons (Fsp3) is 0.400. The molecule has 0 spiro atoms. The van der Waals surface area contributed by atoms with Crippen molar-refractivity contribution in [2.75, 3.05) is 18.4 Å². The average molecular weight is 483 g/mol. The smallest absolute Gasteiger partial charge is 0.260 e. The first kappa shape index (κ1) is 24.1. The van der Waals surface area contributed by atoms with Crippen LogP contribution in [-0.4, -0.2) is 41.9 Å². The van der Waals surface area contributed by atoms with Gasteiger partial charge in [0, 0.05) is 24.6 Å². The van der Waals surface area contributed by atoms with Crippen LogP contribution in [0.2, 0.25) is 0 Å². The molecule has 1 amide bonds. The maximum absolute atomic E-state index is 13.3. The number of hydrogen-bond acceptors (Lipinski definition) is 6. The molecule has 8 nitrogen and oxygen atoms in total. The Morgan fingerprint density at radius 3 is 2.47 bits per heavy atom. The SMILES string of the molecule is Cc1ccc(C(=O)Nc2c(C)cccc2-c2nc(C(C)C)no2)cc1S(=O)(=O)N1CCCCC1. The molecule has 9 heteroatoms. The van der Waals surface area contributed by atoms with Gasteiger partial charge in [0.25, 0.3) is 11.8 Å². The van der Waals surface area contributed by atoms with E-state index in [9.17, 15) is 13.2 Å². The van der Waals surface area contributed by atoms with E-state index >= 15 is 0 Å². The van der Waals surface area contributed by atoms with Gasteiger partial charge in [-0.15, -0.1) is 0 Å². The van der Waals surface area contributed by atoms with Gasteiger partial charge in [-0.2, -0.15) is 9.29 Å². The summed E-state index contributed by atoms with van der Waals surface area (Å²) in [4.78, 5) is 17.9. The molecule has 1 aliphatic heterocycles. The fourth-order valence-corrected chi connectivity index (χ4v) is 5.81. The van der Waals surface area contributed by atoms with Crippen LogP contribution in [0.5, 0.6) is 0 Å². The highest BCUT2D eigenvalue weighted by atomic mass is 32.2. The molecule has 3 aromatic rings. The minimum atomic E-state index is -3.67. The monoisotopic (exact) mass is 482 g/mol. The van der Waals surface area contributed by atoms with Gasteiger partial charge < -0.3 is 9.84 Å². The van der Waals surface area contributed by atoms with E-state index in [1.165, 1.54) is 10.4 Å². The zero-order valence-corrected chi connectivity index (χ0v) is 20.8. The third-order valence-electron chi connectivity index (χ3n) is 6.08. The van der Waals surface area contributed by atoms with Crippen LogP contribution in [-0.2, 0) is 10.0 Å². The number of benzene rings is 2. The third kappa shape index (κ3) is 4.76. The summed E-state index contributed by atoms with van der Waals surface area (Å²) in [6, 6.07) is 10.3. The number of anilines is 1. The number of nitrogens with one attached hydrogen (secondary N) is 1. The molecule has 2 aromatic carbocycles. The summed E-state index contributed by atoms with van der Waals surface area (Å²) < 4.78 is 33.5. The molecular formula is C25H30N4O4S. The van der Waals surface area contributed by atoms with Gasteiger partial charge in [-0.25, -0.2) is 8.42 Å². The first-order valence-electron chi connectivity index (χ1n) is 11.5. The van der Waals surface area contributed by atoms with Crippen LogP contribution >= 0.6 is 0 Å². The van der Waals surface area contributed by atoms with Crippen LogP contribution < -0.4 is 5.32 Å². The summed E-state index contributed by atoms with van der Waals surface area (Å²) in [7, 11) is -3.67. The maximum atomic E-state index is 13.3. The number of hydrogen-bond donors (Lipinski definition) is 1. The number of aromatic nitrogens is 2. The topological polar surface area (TPSA) is 105 Å². The molecule has 0 unspecified atom stereocenters. The van der Waals surface area contributed by atoms with Crippen LogP contribution in [0, 0.1) is 13.8 Å². The molecule has 0 aliphatic carbocycles. The number of sulfonamides is 1. The number of carbonyl (C=O) groups excluding carboxylic acids is 1. The Morgan fingerprint density at radius 1 is 1.06 bits per heavy atom. The van der Waals surface area contributed by atoms with Gasteiger partial charge in [-0.3, -0.25) is 4.79 Å². The van der Waals surface area contributed by atoms with Gasteiger partial charge in [0.05, 0.1) is 16.1 Å². The first-order chi connectivity index (χ1) is 16.2. The summed E-state index contributed by atoms with van der Waals surface area (Å²) in [6.45, 7) is 8.58. The van der Waals surface area contributed by atoms with Crippen molar-refractivity contribution in [1.29, 1.82) is 0 Å². The lowest BCUT2D eigenvalue weighted by Crippen LogP contribution is -2.36. The highest BCUT2D eigenvalue weighted by molar-refractivity contribution is 7.89. The van der Waals surface area contributed by atoms with E-state index in [4.69, 9.17) is 4.52 Å². The van der Waals surface area contributed by atoms with Gasteiger partial charge in [0.2, 0.25) is 10.0 Å². The number of piperidine rings is 1. The lowest BCUT2D eigenvalue weighted by molar-refractivity contribution is 0.102. The normalized spacial score (nSPS) is 15.0. The predicted octanol–water partition coefficient (Wildman–Crippen LogP) is 4.90. The summed E-state index contributed by atoms with van der Waals surface area (Å²) in [5.74, 6) is 0.599. The van der Waals surface area contributed by atoms with Gasteiger partial charge in [0.1, 0.15) is 0 Å². The van der Waals surface area contributed by atoms with Crippen LogP contribution in [0.15, 0.2) is 45.8 Å². The Balaban J connectivity index is 1.66. The van der Waals surface area contributed by atoms with E-state index in [1.54, 1.807) is 19.1 Å². The van der Waals surface area contributed by atoms with Crippen LogP contribution in [0.25, 0.3) is 11.5 Å². The zero-order chi connectivity index (χ0) is 24.5. The van der Waals surface area contributed by atoms with E-state index in [0.717, 1.165) is 24.8 Å². The molecule has 1 fully saturated rings. The number of carbonyl (C=O) groups is 1. The summed E-state index contributed by atoms with van der Waals surface area (Å²) in [5, 5.41) is 6.96. The Labute approximate surface area is 200 Å². The van der Waals surface area contributed by atoms with Gasteiger partial charge in [-0.05, 0) is 56.0 Å². The first-order valence-corrected chi connectivity index (χ1v) is 13.0. The second-order valence-corrected chi connectivity index (χ2v) is 10.9. The van der Waals surface area contributed by atoms with Crippen molar-refractivity contribution in [2.45, 2.75) is 57.8 Å². The molecule has 1 N–H and O–H groups in total. The molecule has 4 rings (SSSR count). The highest BCUT2D eigenvalue weighted by Crippen LogP contribution is 2.31. The van der Waals surface area contributed by atoms with Gasteiger partial charge >= 0.3 is 0 Å². The summed E-state index contributed by atoms with van der Waals surface area (Å²) in [6.07, 6.45) is 2.73. The highest BCUT2D eigenvalue weighted by Gasteiger charge is 2.28. The largest absolute Gasteiger partial charge is 0.334 e. The van der Waals surface area contributed by atoms with E-state index in [-0.39, 0.29) is 16.4 Å². The number of nitrogens with zero attached hydrogens (tertiary/aromatic N) is 3. The van der Waals surface area contributed by atoms with Crippen LogP contribution in [0.4, 0.5) is 5.69 Å². The molecule has 1 aromatic heterocycles. The van der Waals surface area contributed by atoms with Crippen molar-refractivity contribution in [2.24, 2.45) is 0 Å². The van der Waals surface area contributed by atoms with E-state index in [2.05, 4.69) is 15.5 Å². The third-order valence-corrected chi connectivity index (χ3v) is 8.12. The molecule has 1 aliphatic rings. The Kier molecular flexibility index (Phi) is 6.86. The zero-order valence-electron chi connectivity index (χ0n) is 20.0. The van der Waals surface area contributed by atoms with E-state index < -0.39 is 15.9 Å². The van der Waals surface area contributed by atoms with Crippen molar-refractivity contribution in [3.8, 4) is 11.5 Å². The van der Waals surface area contributed by atoms with Crippen molar-refractivity contribution in [3.63, 3.8) is 0 Å². The fourth-order valence-electron chi connectivity index (χ4n) is 4.04. The number of rotatable bonds is 6. The maximum Gasteiger partial charge on any atom is 0.260 e. The molecule has 0 bridgehead atoms. The van der Waals surface area contributed by atoms with Gasteiger partial charge in [0.15, 0.2) is 5.82 Å². The van der Waals surface area contributed by atoms with Crippen LogP contribution in [0.3, 0.4) is 0 Å². The lowest BCUT2D eigenvalue weighted by atomic mass is 10.1. The van der Waals surface area contributed by atoms with Crippen molar-refractivity contribution in [3.05, 3.63) is 58.9 Å². The number of aryl methyl sites for hydroxylation is 2. The summed E-state index contributed by atoms with van der Waals surface area (Å²) in [5.41, 5.74) is 2.87. The molecule has 1 saturated heterocycles. The molecule has 0 atom stereocenters. The van der Waals surface area contributed by atoms with Crippen molar-refractivity contribution < 1.29 is 17.7 Å². The molecule has 2 heterocycles. The summed E-state index contributed by atoms with van der Waals surface area (Å²) >= 11 is 0. The second-order valence-electron chi connectivity index (χ2n) is 9.01. The quantitative estimate of drug-likeness (QED) is 0.535. The molecule has 0 radical (unpaired) electrons. The standard InChI is InChI=1S/C25H30N4O4S/c1-16(2)23-27-25(33-28-23)20-10-8-9-18(4)22(20)26-24(30)19-12-11-17(3)21(15-19)34(31,32)29-13-6-5-7-14-29/h8-12,15-16H,5-7,13-14H2,1-4H3,(H,26,30). The van der Waals surface area contributed by atoms with E-state index in [0.29, 0.717) is 41.6 Å². The Bertz CT molecular complexity index is 1310. The van der Waals surface area contributed by atoms with Crippen molar-refractivity contribution >= 4 is 21.6 Å². The Hall–Kier alpha value is -3.04. The molecule has 34 heavy (non-hydrogen) atoms. The van der Waals surface area contributed by atoms with E-state index in [1.807, 2.05) is 39.0 Å².